The normalized spacial score (nSPS) is 43.2. The monoisotopic (exact) mass is 182 g/mol. The van der Waals surface area contributed by atoms with Gasteiger partial charge in [0.1, 0.15) is 6.10 Å². The highest BCUT2D eigenvalue weighted by Crippen LogP contribution is 2.36. The smallest absolute Gasteiger partial charge is 0.309 e. The van der Waals surface area contributed by atoms with Gasteiger partial charge < -0.3 is 4.74 Å². The van der Waals surface area contributed by atoms with Gasteiger partial charge in [0.2, 0.25) is 0 Å². The molecule has 0 saturated heterocycles. The topological polar surface area (TPSA) is 26.3 Å². The van der Waals surface area contributed by atoms with Crippen LogP contribution in [0.4, 0.5) is 0 Å². The average molecular weight is 182 g/mol. The van der Waals surface area contributed by atoms with Crippen molar-refractivity contribution in [2.75, 3.05) is 0 Å². The number of ether oxygens (including phenoxy) is 1. The summed E-state index contributed by atoms with van der Waals surface area (Å²) in [6.45, 7) is 4.39. The SMILES string of the molecule is CC1CC(OC(=O)C2CC(C)C2)C1. The van der Waals surface area contributed by atoms with E-state index in [1.807, 2.05) is 0 Å². The molecule has 13 heavy (non-hydrogen) atoms. The van der Waals surface area contributed by atoms with E-state index in [4.69, 9.17) is 4.74 Å². The number of carbonyl (C=O) groups is 1. The number of rotatable bonds is 2. The van der Waals surface area contributed by atoms with Crippen LogP contribution in [0.2, 0.25) is 0 Å². The summed E-state index contributed by atoms with van der Waals surface area (Å²) in [6.07, 6.45) is 4.49. The molecule has 0 aliphatic heterocycles. The van der Waals surface area contributed by atoms with Crippen LogP contribution in [0.1, 0.15) is 39.5 Å². The fraction of sp³-hybridized carbons (Fsp3) is 0.909. The molecule has 0 radical (unpaired) electrons. The maximum absolute atomic E-state index is 11.5. The van der Waals surface area contributed by atoms with E-state index >= 15 is 0 Å². The first-order chi connectivity index (χ1) is 6.15. The first-order valence-corrected chi connectivity index (χ1v) is 5.35. The molecule has 2 aliphatic carbocycles. The summed E-state index contributed by atoms with van der Waals surface area (Å²) < 4.78 is 5.37. The van der Waals surface area contributed by atoms with Crippen molar-refractivity contribution in [2.24, 2.45) is 17.8 Å². The lowest BCUT2D eigenvalue weighted by Crippen LogP contribution is -2.37. The summed E-state index contributed by atoms with van der Waals surface area (Å²) in [5.41, 5.74) is 0. The second-order valence-corrected chi connectivity index (χ2v) is 4.91. The van der Waals surface area contributed by atoms with Crippen molar-refractivity contribution in [3.63, 3.8) is 0 Å². The van der Waals surface area contributed by atoms with E-state index in [2.05, 4.69) is 13.8 Å². The summed E-state index contributed by atoms with van der Waals surface area (Å²) in [4.78, 5) is 11.5. The van der Waals surface area contributed by atoms with Gasteiger partial charge in [-0.05, 0) is 37.5 Å². The molecular formula is C11H18O2. The van der Waals surface area contributed by atoms with Crippen LogP contribution < -0.4 is 0 Å². The fourth-order valence-electron chi connectivity index (χ4n) is 2.28. The van der Waals surface area contributed by atoms with Crippen molar-refractivity contribution in [1.82, 2.24) is 0 Å². The van der Waals surface area contributed by atoms with Gasteiger partial charge in [-0.15, -0.1) is 0 Å². The highest BCUT2D eigenvalue weighted by Gasteiger charge is 2.36. The van der Waals surface area contributed by atoms with E-state index in [0.717, 1.165) is 37.5 Å². The molecule has 0 atom stereocenters. The fourth-order valence-corrected chi connectivity index (χ4v) is 2.28. The van der Waals surface area contributed by atoms with Crippen molar-refractivity contribution >= 4 is 5.97 Å². The summed E-state index contributed by atoms with van der Waals surface area (Å²) >= 11 is 0. The summed E-state index contributed by atoms with van der Waals surface area (Å²) in [5, 5.41) is 0. The van der Waals surface area contributed by atoms with E-state index in [1.165, 1.54) is 0 Å². The quantitative estimate of drug-likeness (QED) is 0.613. The molecule has 0 spiro atoms. The minimum atomic E-state index is 0.0648. The first kappa shape index (κ1) is 9.04. The van der Waals surface area contributed by atoms with Gasteiger partial charge in [-0.3, -0.25) is 4.79 Å². The van der Waals surface area contributed by atoms with Gasteiger partial charge in [-0.25, -0.2) is 0 Å². The zero-order valence-electron chi connectivity index (χ0n) is 8.45. The highest BCUT2D eigenvalue weighted by molar-refractivity contribution is 5.73. The van der Waals surface area contributed by atoms with Crippen molar-refractivity contribution in [3.05, 3.63) is 0 Å². The van der Waals surface area contributed by atoms with Crippen LogP contribution in [0.25, 0.3) is 0 Å². The third-order valence-electron chi connectivity index (χ3n) is 3.32. The van der Waals surface area contributed by atoms with Gasteiger partial charge in [0.05, 0.1) is 5.92 Å². The van der Waals surface area contributed by atoms with E-state index in [1.54, 1.807) is 0 Å². The Balaban J connectivity index is 1.68. The molecule has 0 unspecified atom stereocenters. The maximum Gasteiger partial charge on any atom is 0.309 e. The largest absolute Gasteiger partial charge is 0.462 e. The standard InChI is InChI=1S/C11H18O2/c1-7-3-9(4-7)11(12)13-10-5-8(2)6-10/h7-10H,3-6H2,1-2H3. The second-order valence-electron chi connectivity index (χ2n) is 4.91. The van der Waals surface area contributed by atoms with Crippen LogP contribution in [0, 0.1) is 17.8 Å². The lowest BCUT2D eigenvalue weighted by atomic mass is 9.76. The lowest BCUT2D eigenvalue weighted by Gasteiger charge is -2.36. The summed E-state index contributed by atoms with van der Waals surface area (Å²) in [7, 11) is 0. The molecule has 2 heteroatoms. The zero-order chi connectivity index (χ0) is 9.42. The van der Waals surface area contributed by atoms with Gasteiger partial charge in [0.15, 0.2) is 0 Å². The Morgan fingerprint density at radius 2 is 1.62 bits per heavy atom. The number of carbonyl (C=O) groups excluding carboxylic acids is 1. The molecule has 0 aromatic carbocycles. The van der Waals surface area contributed by atoms with E-state index < -0.39 is 0 Å². The van der Waals surface area contributed by atoms with Crippen LogP contribution >= 0.6 is 0 Å². The lowest BCUT2D eigenvalue weighted by molar-refractivity contribution is -0.164. The van der Waals surface area contributed by atoms with Crippen LogP contribution in [0.3, 0.4) is 0 Å². The Kier molecular flexibility index (Phi) is 2.31. The van der Waals surface area contributed by atoms with Gasteiger partial charge in [-0.2, -0.15) is 0 Å². The predicted octanol–water partition coefficient (Wildman–Crippen LogP) is 2.37. The predicted molar refractivity (Wildman–Crippen MR) is 50.2 cm³/mol. The van der Waals surface area contributed by atoms with Crippen molar-refractivity contribution in [3.8, 4) is 0 Å². The molecule has 0 N–H and O–H groups in total. The van der Waals surface area contributed by atoms with Crippen LogP contribution in [-0.2, 0) is 9.53 Å². The molecule has 2 fully saturated rings. The van der Waals surface area contributed by atoms with Crippen LogP contribution in [-0.4, -0.2) is 12.1 Å². The van der Waals surface area contributed by atoms with E-state index in [-0.39, 0.29) is 18.0 Å². The molecule has 0 aromatic rings. The van der Waals surface area contributed by atoms with E-state index in [9.17, 15) is 4.79 Å². The minimum Gasteiger partial charge on any atom is -0.462 e. The van der Waals surface area contributed by atoms with Gasteiger partial charge in [-0.1, -0.05) is 13.8 Å². The Morgan fingerprint density at radius 3 is 2.08 bits per heavy atom. The van der Waals surface area contributed by atoms with E-state index in [0.29, 0.717) is 0 Å². The van der Waals surface area contributed by atoms with Gasteiger partial charge in [0.25, 0.3) is 0 Å². The Hall–Kier alpha value is -0.530. The molecule has 74 valence electrons. The summed E-state index contributed by atoms with van der Waals surface area (Å²) in [5.74, 6) is 1.79. The molecule has 2 aliphatic rings. The van der Waals surface area contributed by atoms with Crippen molar-refractivity contribution < 1.29 is 9.53 Å². The maximum atomic E-state index is 11.5. The Morgan fingerprint density at radius 1 is 1.08 bits per heavy atom. The zero-order valence-corrected chi connectivity index (χ0v) is 8.45. The molecule has 0 aromatic heterocycles. The molecule has 2 rings (SSSR count). The minimum absolute atomic E-state index is 0.0648. The van der Waals surface area contributed by atoms with Crippen molar-refractivity contribution in [2.45, 2.75) is 45.6 Å². The van der Waals surface area contributed by atoms with Crippen LogP contribution in [0.5, 0.6) is 0 Å². The summed E-state index contributed by atoms with van der Waals surface area (Å²) in [6, 6.07) is 0. The van der Waals surface area contributed by atoms with Gasteiger partial charge >= 0.3 is 5.97 Å². The number of hydrogen-bond donors (Lipinski definition) is 0. The molecule has 2 nitrogen and oxygen atoms in total. The third kappa shape index (κ3) is 1.87. The van der Waals surface area contributed by atoms with Crippen molar-refractivity contribution in [1.29, 1.82) is 0 Å². The number of hydrogen-bond acceptors (Lipinski definition) is 2. The third-order valence-corrected chi connectivity index (χ3v) is 3.32. The van der Waals surface area contributed by atoms with Gasteiger partial charge in [0, 0.05) is 0 Å². The molecule has 0 bridgehead atoms. The Labute approximate surface area is 79.7 Å². The van der Waals surface area contributed by atoms with Crippen LogP contribution in [0.15, 0.2) is 0 Å². The molecule has 0 amide bonds. The number of esters is 1. The Bertz CT molecular complexity index is 200. The average Bonchev–Trinajstić information content (AvgIpc) is 1.95. The first-order valence-electron chi connectivity index (χ1n) is 5.35. The molecule has 0 heterocycles. The second kappa shape index (κ2) is 3.32. The highest BCUT2D eigenvalue weighted by atomic mass is 16.5. The molecular weight excluding hydrogens is 164 g/mol. The molecule has 2 saturated carbocycles.